The number of nitrogens with zero attached hydrogens (tertiary/aromatic N) is 2. The van der Waals surface area contributed by atoms with Gasteiger partial charge in [0.2, 0.25) is 0 Å². The van der Waals surface area contributed by atoms with Crippen molar-refractivity contribution in [3.63, 3.8) is 0 Å². The molecule has 0 spiro atoms. The summed E-state index contributed by atoms with van der Waals surface area (Å²) in [5.41, 5.74) is 4.36. The number of nitrogens with one attached hydrogen (secondary N) is 2. The summed E-state index contributed by atoms with van der Waals surface area (Å²) in [6.07, 6.45) is 1.87. The Kier molecular flexibility index (Phi) is 3.42. The van der Waals surface area contributed by atoms with Crippen molar-refractivity contribution < 1.29 is 0 Å². The second kappa shape index (κ2) is 5.72. The van der Waals surface area contributed by atoms with E-state index in [9.17, 15) is 0 Å². The lowest BCUT2D eigenvalue weighted by Crippen LogP contribution is -2.26. The van der Waals surface area contributed by atoms with Crippen LogP contribution in [0.3, 0.4) is 0 Å². The maximum Gasteiger partial charge on any atom is 0.195 e. The highest BCUT2D eigenvalue weighted by atomic mass is 15.2. The number of benzene rings is 2. The number of pyridine rings is 1. The number of guanidine groups is 1. The molecule has 1 aliphatic rings. The third kappa shape index (κ3) is 2.63. The van der Waals surface area contributed by atoms with E-state index in [-0.39, 0.29) is 0 Å². The van der Waals surface area contributed by atoms with Crippen molar-refractivity contribution in [3.8, 4) is 11.3 Å². The van der Waals surface area contributed by atoms with E-state index in [1.165, 1.54) is 16.3 Å². The fraction of sp³-hybridized carbons (Fsp3) is 0.158. The molecule has 0 saturated carbocycles. The molecule has 0 atom stereocenters. The summed E-state index contributed by atoms with van der Waals surface area (Å²) >= 11 is 0. The van der Waals surface area contributed by atoms with Gasteiger partial charge in [-0.1, -0.05) is 36.4 Å². The second-order valence-corrected chi connectivity index (χ2v) is 5.69. The van der Waals surface area contributed by atoms with Gasteiger partial charge in [-0.25, -0.2) is 0 Å². The molecule has 114 valence electrons. The van der Waals surface area contributed by atoms with Crippen LogP contribution in [0, 0.1) is 6.92 Å². The first-order valence-corrected chi connectivity index (χ1v) is 7.81. The SMILES string of the molecule is Cc1ccc(-c2nccc3ccccc23)cc1NC1=NCCN1. The Morgan fingerprint density at radius 2 is 2.00 bits per heavy atom. The number of hydrogen-bond acceptors (Lipinski definition) is 4. The minimum atomic E-state index is 0.825. The van der Waals surface area contributed by atoms with E-state index >= 15 is 0 Å². The number of fused-ring (bicyclic) bond motifs is 1. The lowest BCUT2D eigenvalue weighted by molar-refractivity contribution is 0.959. The largest absolute Gasteiger partial charge is 0.354 e. The quantitative estimate of drug-likeness (QED) is 0.760. The molecule has 23 heavy (non-hydrogen) atoms. The van der Waals surface area contributed by atoms with Gasteiger partial charge in [-0.15, -0.1) is 0 Å². The molecule has 1 aromatic heterocycles. The van der Waals surface area contributed by atoms with Crippen LogP contribution in [0.2, 0.25) is 0 Å². The maximum atomic E-state index is 4.61. The molecular formula is C19H18N4. The van der Waals surface area contributed by atoms with Crippen molar-refractivity contribution in [1.82, 2.24) is 10.3 Å². The van der Waals surface area contributed by atoms with E-state index in [2.05, 4.69) is 70.0 Å². The predicted octanol–water partition coefficient (Wildman–Crippen LogP) is 3.58. The first kappa shape index (κ1) is 13.8. The summed E-state index contributed by atoms with van der Waals surface area (Å²) in [6, 6.07) is 16.8. The molecule has 2 aromatic carbocycles. The normalized spacial score (nSPS) is 13.7. The van der Waals surface area contributed by atoms with Gasteiger partial charge in [0.25, 0.3) is 0 Å². The molecular weight excluding hydrogens is 284 g/mol. The van der Waals surface area contributed by atoms with Crippen LogP contribution in [0.15, 0.2) is 59.7 Å². The first-order chi connectivity index (χ1) is 11.3. The number of aryl methyl sites for hydroxylation is 1. The van der Waals surface area contributed by atoms with E-state index in [4.69, 9.17) is 0 Å². The standard InChI is InChI=1S/C19H18N4/c1-13-6-7-15(12-17(13)23-19-21-10-11-22-19)18-16-5-3-2-4-14(16)8-9-20-18/h2-9,12H,10-11H2,1H3,(H2,21,22,23). The van der Waals surface area contributed by atoms with E-state index < -0.39 is 0 Å². The van der Waals surface area contributed by atoms with Crippen molar-refractivity contribution in [2.75, 3.05) is 18.4 Å². The van der Waals surface area contributed by atoms with Gasteiger partial charge in [-0.3, -0.25) is 9.98 Å². The van der Waals surface area contributed by atoms with Gasteiger partial charge < -0.3 is 10.6 Å². The maximum absolute atomic E-state index is 4.61. The van der Waals surface area contributed by atoms with Gasteiger partial charge in [0, 0.05) is 29.4 Å². The van der Waals surface area contributed by atoms with Crippen molar-refractivity contribution in [1.29, 1.82) is 0 Å². The zero-order valence-electron chi connectivity index (χ0n) is 13.0. The van der Waals surface area contributed by atoms with Gasteiger partial charge in [0.05, 0.1) is 12.2 Å². The Morgan fingerprint density at radius 3 is 2.87 bits per heavy atom. The van der Waals surface area contributed by atoms with Gasteiger partial charge >= 0.3 is 0 Å². The smallest absolute Gasteiger partial charge is 0.195 e. The van der Waals surface area contributed by atoms with Gasteiger partial charge in [-0.2, -0.15) is 0 Å². The molecule has 2 N–H and O–H groups in total. The molecule has 0 aliphatic carbocycles. The van der Waals surface area contributed by atoms with E-state index in [1.54, 1.807) is 0 Å². The van der Waals surface area contributed by atoms with E-state index in [0.29, 0.717) is 0 Å². The number of aromatic nitrogens is 1. The van der Waals surface area contributed by atoms with Gasteiger partial charge in [0.15, 0.2) is 5.96 Å². The molecule has 0 bridgehead atoms. The molecule has 0 unspecified atom stereocenters. The minimum Gasteiger partial charge on any atom is -0.354 e. The van der Waals surface area contributed by atoms with Crippen LogP contribution >= 0.6 is 0 Å². The molecule has 0 saturated heterocycles. The first-order valence-electron chi connectivity index (χ1n) is 7.81. The van der Waals surface area contributed by atoms with Crippen LogP contribution in [-0.4, -0.2) is 24.0 Å². The lowest BCUT2D eigenvalue weighted by Gasteiger charge is -2.12. The Bertz CT molecular complexity index is 894. The Balaban J connectivity index is 1.79. The summed E-state index contributed by atoms with van der Waals surface area (Å²) in [6.45, 7) is 3.82. The molecule has 4 heteroatoms. The Hall–Kier alpha value is -2.88. The van der Waals surface area contributed by atoms with Gasteiger partial charge in [0.1, 0.15) is 0 Å². The number of aliphatic imine (C=N–C) groups is 1. The average Bonchev–Trinajstić information content (AvgIpc) is 3.09. The molecule has 0 fully saturated rings. The van der Waals surface area contributed by atoms with Crippen LogP contribution in [0.4, 0.5) is 5.69 Å². The van der Waals surface area contributed by atoms with Crippen LogP contribution in [0.25, 0.3) is 22.0 Å². The highest BCUT2D eigenvalue weighted by Crippen LogP contribution is 2.29. The highest BCUT2D eigenvalue weighted by Gasteiger charge is 2.10. The third-order valence-corrected chi connectivity index (χ3v) is 4.11. The molecule has 0 amide bonds. The molecule has 2 heterocycles. The van der Waals surface area contributed by atoms with E-state index in [0.717, 1.165) is 36.0 Å². The van der Waals surface area contributed by atoms with Crippen LogP contribution in [0.5, 0.6) is 0 Å². The number of anilines is 1. The monoisotopic (exact) mass is 302 g/mol. The molecule has 3 aromatic rings. The summed E-state index contributed by atoms with van der Waals surface area (Å²) in [5.74, 6) is 0.844. The molecule has 1 aliphatic heterocycles. The van der Waals surface area contributed by atoms with Crippen molar-refractivity contribution in [3.05, 3.63) is 60.3 Å². The summed E-state index contributed by atoms with van der Waals surface area (Å²) in [4.78, 5) is 9.01. The number of hydrogen-bond donors (Lipinski definition) is 2. The van der Waals surface area contributed by atoms with Crippen molar-refractivity contribution in [2.45, 2.75) is 6.92 Å². The molecule has 4 nitrogen and oxygen atoms in total. The topological polar surface area (TPSA) is 49.3 Å². The Labute approximate surface area is 135 Å². The van der Waals surface area contributed by atoms with Crippen LogP contribution < -0.4 is 10.6 Å². The van der Waals surface area contributed by atoms with Gasteiger partial charge in [-0.05, 0) is 30.0 Å². The zero-order valence-corrected chi connectivity index (χ0v) is 13.0. The third-order valence-electron chi connectivity index (χ3n) is 4.11. The predicted molar refractivity (Wildman–Crippen MR) is 95.8 cm³/mol. The summed E-state index contributed by atoms with van der Waals surface area (Å²) in [7, 11) is 0. The second-order valence-electron chi connectivity index (χ2n) is 5.69. The zero-order chi connectivity index (χ0) is 15.6. The minimum absolute atomic E-state index is 0.825. The van der Waals surface area contributed by atoms with Crippen LogP contribution in [-0.2, 0) is 0 Å². The number of rotatable bonds is 2. The Morgan fingerprint density at radius 1 is 1.09 bits per heavy atom. The fourth-order valence-electron chi connectivity index (χ4n) is 2.86. The highest BCUT2D eigenvalue weighted by molar-refractivity contribution is 5.98. The molecule has 4 rings (SSSR count). The van der Waals surface area contributed by atoms with Crippen molar-refractivity contribution >= 4 is 22.4 Å². The molecule has 0 radical (unpaired) electrons. The van der Waals surface area contributed by atoms with E-state index in [1.807, 2.05) is 12.3 Å². The summed E-state index contributed by atoms with van der Waals surface area (Å²) in [5, 5.41) is 8.99. The van der Waals surface area contributed by atoms with Crippen molar-refractivity contribution in [2.24, 2.45) is 4.99 Å². The lowest BCUT2D eigenvalue weighted by atomic mass is 10.0. The van der Waals surface area contributed by atoms with Crippen LogP contribution in [0.1, 0.15) is 5.56 Å². The average molecular weight is 302 g/mol. The summed E-state index contributed by atoms with van der Waals surface area (Å²) < 4.78 is 0. The fourth-order valence-corrected chi connectivity index (χ4v) is 2.86.